The second kappa shape index (κ2) is 9.66. The minimum atomic E-state index is -1.89. The summed E-state index contributed by atoms with van der Waals surface area (Å²) in [7, 11) is -1.89. The first kappa shape index (κ1) is 22.1. The lowest BCUT2D eigenvalue weighted by Crippen LogP contribution is -2.35. The molecule has 0 unspecified atom stereocenters. The van der Waals surface area contributed by atoms with E-state index in [2.05, 4.69) is 19.2 Å². The summed E-state index contributed by atoms with van der Waals surface area (Å²) >= 11 is 0. The van der Waals surface area contributed by atoms with Crippen LogP contribution in [0.25, 0.3) is 0 Å². The molecule has 0 saturated carbocycles. The van der Waals surface area contributed by atoms with Gasteiger partial charge in [-0.1, -0.05) is 13.8 Å². The first-order valence-corrected chi connectivity index (χ1v) is 8.59. The molecule has 1 aromatic carbocycles. The Morgan fingerprint density at radius 2 is 2.00 bits per heavy atom. The van der Waals surface area contributed by atoms with Crippen LogP contribution in [0.5, 0.6) is 0 Å². The fourth-order valence-electron chi connectivity index (χ4n) is 2.24. The zero-order valence-corrected chi connectivity index (χ0v) is 15.7. The van der Waals surface area contributed by atoms with Gasteiger partial charge in [-0.15, -0.1) is 0 Å². The van der Waals surface area contributed by atoms with E-state index in [4.69, 9.17) is 4.74 Å². The third-order valence-corrected chi connectivity index (χ3v) is 3.91. The van der Waals surface area contributed by atoms with E-state index in [1.807, 2.05) is 13.8 Å². The maximum absolute atomic E-state index is 12.2. The molecule has 3 N–H and O–H groups in total. The van der Waals surface area contributed by atoms with E-state index in [1.165, 1.54) is 6.07 Å². The van der Waals surface area contributed by atoms with E-state index in [-0.39, 0.29) is 16.7 Å². The second-order valence-corrected chi connectivity index (χ2v) is 7.24. The van der Waals surface area contributed by atoms with Crippen molar-refractivity contribution in [2.45, 2.75) is 46.1 Å². The molecule has 144 valence electrons. The maximum Gasteiger partial charge on any atom is 0.488 e. The van der Waals surface area contributed by atoms with Crippen LogP contribution in [0.15, 0.2) is 18.2 Å². The summed E-state index contributed by atoms with van der Waals surface area (Å²) < 4.78 is 5.82. The lowest BCUT2D eigenvalue weighted by molar-refractivity contribution is -0.384. The molecular weight excluding hydrogens is 339 g/mol. The summed E-state index contributed by atoms with van der Waals surface area (Å²) in [5, 5.41) is 32.1. The van der Waals surface area contributed by atoms with E-state index in [9.17, 15) is 25.0 Å². The van der Waals surface area contributed by atoms with Crippen molar-refractivity contribution in [1.82, 2.24) is 5.32 Å². The number of nitro groups is 1. The number of rotatable bonds is 10. The molecule has 0 spiro atoms. The van der Waals surface area contributed by atoms with Crippen LogP contribution in [-0.2, 0) is 4.74 Å². The SMILES string of the molecule is CC(C)CCOC(C)(C)CCNC(=O)c1cc(B(O)O)cc([N+](=O)[O-])c1. The number of hydrogen-bond acceptors (Lipinski definition) is 6. The fraction of sp³-hybridized carbons (Fsp3) is 0.588. The van der Waals surface area contributed by atoms with Crippen molar-refractivity contribution >= 4 is 24.2 Å². The van der Waals surface area contributed by atoms with Crippen LogP contribution in [0.1, 0.15) is 50.9 Å². The van der Waals surface area contributed by atoms with Gasteiger partial charge < -0.3 is 20.1 Å². The Hall–Kier alpha value is -1.97. The van der Waals surface area contributed by atoms with Gasteiger partial charge >= 0.3 is 7.12 Å². The molecule has 1 amide bonds. The van der Waals surface area contributed by atoms with Crippen LogP contribution in [0.4, 0.5) is 5.69 Å². The highest BCUT2D eigenvalue weighted by Gasteiger charge is 2.22. The van der Waals surface area contributed by atoms with E-state index in [0.717, 1.165) is 18.6 Å². The van der Waals surface area contributed by atoms with Crippen molar-refractivity contribution in [1.29, 1.82) is 0 Å². The molecule has 0 radical (unpaired) electrons. The van der Waals surface area contributed by atoms with Crippen LogP contribution in [0, 0.1) is 16.0 Å². The predicted molar refractivity (Wildman–Crippen MR) is 99.4 cm³/mol. The number of benzene rings is 1. The molecule has 0 bridgehead atoms. The molecule has 0 saturated heterocycles. The van der Waals surface area contributed by atoms with Crippen molar-refractivity contribution in [2.24, 2.45) is 5.92 Å². The van der Waals surface area contributed by atoms with Crippen LogP contribution in [0.3, 0.4) is 0 Å². The molecule has 9 heteroatoms. The molecule has 1 rings (SSSR count). The summed E-state index contributed by atoms with van der Waals surface area (Å²) in [5.41, 5.74) is -0.891. The van der Waals surface area contributed by atoms with E-state index in [0.29, 0.717) is 25.5 Å². The highest BCUT2D eigenvalue weighted by atomic mass is 16.6. The summed E-state index contributed by atoms with van der Waals surface area (Å²) in [5.74, 6) is 0.0315. The van der Waals surface area contributed by atoms with Gasteiger partial charge in [0, 0.05) is 30.8 Å². The van der Waals surface area contributed by atoms with Crippen LogP contribution < -0.4 is 10.8 Å². The summed E-state index contributed by atoms with van der Waals surface area (Å²) in [4.78, 5) is 22.5. The minimum Gasteiger partial charge on any atom is -0.423 e. The Labute approximate surface area is 153 Å². The number of non-ortho nitro benzene ring substituents is 1. The summed E-state index contributed by atoms with van der Waals surface area (Å²) in [6.07, 6.45) is 1.52. The van der Waals surface area contributed by atoms with Crippen LogP contribution in [-0.4, -0.2) is 46.7 Å². The number of nitrogens with one attached hydrogen (secondary N) is 1. The zero-order chi connectivity index (χ0) is 19.9. The van der Waals surface area contributed by atoms with Crippen molar-refractivity contribution in [3.63, 3.8) is 0 Å². The number of nitro benzene ring substituents is 1. The number of amides is 1. The highest BCUT2D eigenvalue weighted by Crippen LogP contribution is 2.16. The number of hydrogen-bond donors (Lipinski definition) is 3. The van der Waals surface area contributed by atoms with Gasteiger partial charge in [-0.25, -0.2) is 0 Å². The molecule has 0 atom stereocenters. The largest absolute Gasteiger partial charge is 0.488 e. The smallest absolute Gasteiger partial charge is 0.423 e. The molecule has 0 heterocycles. The van der Waals surface area contributed by atoms with E-state index in [1.54, 1.807) is 0 Å². The van der Waals surface area contributed by atoms with Gasteiger partial charge in [0.15, 0.2) is 0 Å². The van der Waals surface area contributed by atoms with Gasteiger partial charge in [0.05, 0.1) is 10.5 Å². The maximum atomic E-state index is 12.2. The quantitative estimate of drug-likeness (QED) is 0.325. The molecule has 0 aliphatic rings. The standard InChI is InChI=1S/C17H27BN2O6/c1-12(2)5-8-26-17(3,4)6-7-19-16(21)13-9-14(18(22)23)11-15(10-13)20(24)25/h9-12,22-23H,5-8H2,1-4H3,(H,19,21). The van der Waals surface area contributed by atoms with Gasteiger partial charge in [-0.2, -0.15) is 0 Å². The van der Waals surface area contributed by atoms with Gasteiger partial charge in [-0.05, 0) is 44.1 Å². The Morgan fingerprint density at radius 1 is 1.35 bits per heavy atom. The fourth-order valence-corrected chi connectivity index (χ4v) is 2.24. The van der Waals surface area contributed by atoms with Crippen LogP contribution >= 0.6 is 0 Å². The summed E-state index contributed by atoms with van der Waals surface area (Å²) in [6.45, 7) is 9.08. The second-order valence-electron chi connectivity index (χ2n) is 7.24. The Balaban J connectivity index is 2.66. The topological polar surface area (TPSA) is 122 Å². The average Bonchev–Trinajstić information content (AvgIpc) is 2.53. The van der Waals surface area contributed by atoms with Crippen LogP contribution in [0.2, 0.25) is 0 Å². The molecule has 8 nitrogen and oxygen atoms in total. The Bertz CT molecular complexity index is 634. The highest BCUT2D eigenvalue weighted by molar-refractivity contribution is 6.58. The third-order valence-electron chi connectivity index (χ3n) is 3.91. The molecule has 0 aromatic heterocycles. The molecule has 1 aromatic rings. The van der Waals surface area contributed by atoms with E-state index < -0.39 is 23.5 Å². The first-order chi connectivity index (χ1) is 12.0. The first-order valence-electron chi connectivity index (χ1n) is 8.59. The van der Waals surface area contributed by atoms with Crippen molar-refractivity contribution in [3.8, 4) is 0 Å². The zero-order valence-electron chi connectivity index (χ0n) is 15.7. The number of ether oxygens (including phenoxy) is 1. The average molecular weight is 366 g/mol. The third kappa shape index (κ3) is 7.51. The number of carbonyl (C=O) groups is 1. The number of carbonyl (C=O) groups excluding carboxylic acids is 1. The normalized spacial score (nSPS) is 11.5. The van der Waals surface area contributed by atoms with E-state index >= 15 is 0 Å². The lowest BCUT2D eigenvalue weighted by atomic mass is 9.79. The van der Waals surface area contributed by atoms with Gasteiger partial charge in [0.1, 0.15) is 0 Å². The Kier molecular flexibility index (Phi) is 8.20. The van der Waals surface area contributed by atoms with Crippen molar-refractivity contribution < 1.29 is 24.5 Å². The van der Waals surface area contributed by atoms with Gasteiger partial charge in [0.2, 0.25) is 0 Å². The molecule has 26 heavy (non-hydrogen) atoms. The Morgan fingerprint density at radius 3 is 2.54 bits per heavy atom. The van der Waals surface area contributed by atoms with Gasteiger partial charge in [-0.3, -0.25) is 14.9 Å². The van der Waals surface area contributed by atoms with Crippen molar-refractivity contribution in [3.05, 3.63) is 33.9 Å². The molecule has 0 fully saturated rings. The number of nitrogens with zero attached hydrogens (tertiary/aromatic N) is 1. The summed E-state index contributed by atoms with van der Waals surface area (Å²) in [6, 6.07) is 3.34. The molecule has 0 aliphatic carbocycles. The van der Waals surface area contributed by atoms with Crippen molar-refractivity contribution in [2.75, 3.05) is 13.2 Å². The van der Waals surface area contributed by atoms with Gasteiger partial charge in [0.25, 0.3) is 11.6 Å². The molecule has 0 aliphatic heterocycles. The molecular formula is C17H27BN2O6. The monoisotopic (exact) mass is 366 g/mol. The minimum absolute atomic E-state index is 0.000771. The predicted octanol–water partition coefficient (Wildman–Crippen LogP) is 1.24. The lowest BCUT2D eigenvalue weighted by Gasteiger charge is -2.26.